The van der Waals surface area contributed by atoms with Gasteiger partial charge in [0, 0.05) is 37.1 Å². The first-order valence-corrected chi connectivity index (χ1v) is 10.8. The van der Waals surface area contributed by atoms with E-state index in [1.165, 1.54) is 18.2 Å². The van der Waals surface area contributed by atoms with Crippen LogP contribution in [0.2, 0.25) is 5.02 Å². The van der Waals surface area contributed by atoms with Gasteiger partial charge >= 0.3 is 0 Å². The number of nitrogens with zero attached hydrogens (tertiary/aromatic N) is 3. The summed E-state index contributed by atoms with van der Waals surface area (Å²) in [5.41, 5.74) is 3.20. The number of rotatable bonds is 8. The molecule has 7 heteroatoms. The van der Waals surface area contributed by atoms with Gasteiger partial charge in [0.25, 0.3) is 11.6 Å². The standard InChI is InChI=1S/C26H22ClN3O3/c27-25-16-22(30(32)33)13-14-24(25)26(31)29(18-21-10-5-2-6-11-21)19-23-12-7-15-28(23)17-20-8-3-1-4-9-20/h1-16H,17-19H2. The molecule has 6 nitrogen and oxygen atoms in total. The molecule has 1 aromatic heterocycles. The van der Waals surface area contributed by atoms with E-state index in [0.717, 1.165) is 16.8 Å². The number of aromatic nitrogens is 1. The van der Waals surface area contributed by atoms with Crippen molar-refractivity contribution in [3.05, 3.63) is 135 Å². The molecule has 0 aliphatic heterocycles. The predicted octanol–water partition coefficient (Wildman–Crippen LogP) is 5.94. The number of benzene rings is 3. The number of hydrogen-bond donors (Lipinski definition) is 0. The van der Waals surface area contributed by atoms with Crippen LogP contribution in [-0.4, -0.2) is 20.3 Å². The average molecular weight is 460 g/mol. The van der Waals surface area contributed by atoms with Gasteiger partial charge < -0.3 is 9.47 Å². The summed E-state index contributed by atoms with van der Waals surface area (Å²) >= 11 is 6.28. The Hall–Kier alpha value is -3.90. The first-order valence-electron chi connectivity index (χ1n) is 10.5. The highest BCUT2D eigenvalue weighted by Crippen LogP contribution is 2.25. The van der Waals surface area contributed by atoms with Gasteiger partial charge in [-0.25, -0.2) is 0 Å². The fourth-order valence-corrected chi connectivity index (χ4v) is 3.94. The Bertz CT molecular complexity index is 1260. The van der Waals surface area contributed by atoms with Crippen molar-refractivity contribution in [1.29, 1.82) is 0 Å². The van der Waals surface area contributed by atoms with E-state index in [0.29, 0.717) is 19.6 Å². The van der Waals surface area contributed by atoms with Crippen molar-refractivity contribution < 1.29 is 9.72 Å². The van der Waals surface area contributed by atoms with Crippen molar-refractivity contribution in [2.75, 3.05) is 0 Å². The number of halogens is 1. The molecule has 1 amide bonds. The summed E-state index contributed by atoms with van der Waals surface area (Å²) in [6, 6.07) is 27.7. The summed E-state index contributed by atoms with van der Waals surface area (Å²) in [5, 5.41) is 11.1. The van der Waals surface area contributed by atoms with Crippen LogP contribution in [0.1, 0.15) is 27.2 Å². The van der Waals surface area contributed by atoms with E-state index in [1.807, 2.05) is 66.9 Å². The van der Waals surface area contributed by atoms with Crippen LogP contribution in [0, 0.1) is 10.1 Å². The highest BCUT2D eigenvalue weighted by molar-refractivity contribution is 6.34. The number of carbonyl (C=O) groups is 1. The largest absolute Gasteiger partial charge is 0.345 e. The fourth-order valence-electron chi connectivity index (χ4n) is 3.69. The van der Waals surface area contributed by atoms with Gasteiger partial charge in [-0.2, -0.15) is 0 Å². The molecule has 0 atom stereocenters. The molecule has 0 aliphatic carbocycles. The van der Waals surface area contributed by atoms with Crippen molar-refractivity contribution in [2.24, 2.45) is 0 Å². The molecule has 0 aliphatic rings. The lowest BCUT2D eigenvalue weighted by Crippen LogP contribution is -2.31. The van der Waals surface area contributed by atoms with E-state index in [1.54, 1.807) is 4.90 Å². The minimum absolute atomic E-state index is 0.0620. The zero-order valence-electron chi connectivity index (χ0n) is 17.8. The van der Waals surface area contributed by atoms with Gasteiger partial charge in [-0.3, -0.25) is 14.9 Å². The topological polar surface area (TPSA) is 68.4 Å². The van der Waals surface area contributed by atoms with Crippen LogP contribution in [0.5, 0.6) is 0 Å². The van der Waals surface area contributed by atoms with Crippen LogP contribution >= 0.6 is 11.6 Å². The van der Waals surface area contributed by atoms with E-state index < -0.39 is 4.92 Å². The van der Waals surface area contributed by atoms with Gasteiger partial charge in [0.05, 0.1) is 22.1 Å². The molecule has 0 N–H and O–H groups in total. The Morgan fingerprint density at radius 1 is 0.879 bits per heavy atom. The monoisotopic (exact) mass is 459 g/mol. The molecular formula is C26H22ClN3O3. The van der Waals surface area contributed by atoms with E-state index in [2.05, 4.69) is 16.7 Å². The minimum atomic E-state index is -0.529. The van der Waals surface area contributed by atoms with Gasteiger partial charge in [0.2, 0.25) is 0 Å². The molecule has 3 aromatic carbocycles. The van der Waals surface area contributed by atoms with Crippen LogP contribution < -0.4 is 0 Å². The van der Waals surface area contributed by atoms with Crippen molar-refractivity contribution in [1.82, 2.24) is 9.47 Å². The summed E-state index contributed by atoms with van der Waals surface area (Å²) in [6.07, 6.45) is 1.99. The molecular weight excluding hydrogens is 438 g/mol. The first kappa shape index (κ1) is 22.3. The summed E-state index contributed by atoms with van der Waals surface area (Å²) in [4.78, 5) is 25.7. The zero-order chi connectivity index (χ0) is 23.2. The summed E-state index contributed by atoms with van der Waals surface area (Å²) < 4.78 is 2.11. The Morgan fingerprint density at radius 2 is 1.55 bits per heavy atom. The fraction of sp³-hybridized carbons (Fsp3) is 0.115. The third kappa shape index (κ3) is 5.48. The Labute approximate surface area is 196 Å². The van der Waals surface area contributed by atoms with Gasteiger partial charge in [0.1, 0.15) is 0 Å². The van der Waals surface area contributed by atoms with Gasteiger partial charge in [-0.15, -0.1) is 0 Å². The highest BCUT2D eigenvalue weighted by Gasteiger charge is 2.22. The van der Waals surface area contributed by atoms with Gasteiger partial charge in [-0.1, -0.05) is 72.3 Å². The Balaban J connectivity index is 1.63. The molecule has 33 heavy (non-hydrogen) atoms. The molecule has 0 unspecified atom stereocenters. The second-order valence-corrected chi connectivity index (χ2v) is 8.09. The number of amides is 1. The van der Waals surface area contributed by atoms with Crippen molar-refractivity contribution in [3.8, 4) is 0 Å². The molecule has 0 radical (unpaired) electrons. The lowest BCUT2D eigenvalue weighted by atomic mass is 10.1. The van der Waals surface area contributed by atoms with E-state index in [9.17, 15) is 14.9 Å². The number of carbonyl (C=O) groups excluding carboxylic acids is 1. The maximum Gasteiger partial charge on any atom is 0.270 e. The third-order valence-electron chi connectivity index (χ3n) is 5.37. The van der Waals surface area contributed by atoms with E-state index >= 15 is 0 Å². The minimum Gasteiger partial charge on any atom is -0.345 e. The predicted molar refractivity (Wildman–Crippen MR) is 128 cm³/mol. The molecule has 166 valence electrons. The maximum absolute atomic E-state index is 13.5. The molecule has 0 bridgehead atoms. The Morgan fingerprint density at radius 3 is 2.18 bits per heavy atom. The molecule has 0 saturated heterocycles. The maximum atomic E-state index is 13.5. The number of nitro groups is 1. The van der Waals surface area contributed by atoms with Crippen molar-refractivity contribution in [2.45, 2.75) is 19.6 Å². The highest BCUT2D eigenvalue weighted by atomic mass is 35.5. The smallest absolute Gasteiger partial charge is 0.270 e. The molecule has 1 heterocycles. The third-order valence-corrected chi connectivity index (χ3v) is 5.68. The summed E-state index contributed by atoms with van der Waals surface area (Å²) in [6.45, 7) is 1.43. The quantitative estimate of drug-likeness (QED) is 0.242. The van der Waals surface area contributed by atoms with Crippen LogP contribution in [-0.2, 0) is 19.6 Å². The first-order chi connectivity index (χ1) is 16.0. The average Bonchev–Trinajstić information content (AvgIpc) is 3.26. The van der Waals surface area contributed by atoms with Crippen molar-refractivity contribution >= 4 is 23.2 Å². The van der Waals surface area contributed by atoms with Crippen molar-refractivity contribution in [3.63, 3.8) is 0 Å². The van der Waals surface area contributed by atoms with Crippen LogP contribution in [0.3, 0.4) is 0 Å². The van der Waals surface area contributed by atoms with E-state index in [4.69, 9.17) is 11.6 Å². The molecule has 0 saturated carbocycles. The van der Waals surface area contributed by atoms with Crippen LogP contribution in [0.4, 0.5) is 5.69 Å². The molecule has 0 spiro atoms. The zero-order valence-corrected chi connectivity index (χ0v) is 18.6. The summed E-state index contributed by atoms with van der Waals surface area (Å²) in [7, 11) is 0. The van der Waals surface area contributed by atoms with E-state index in [-0.39, 0.29) is 22.2 Å². The lowest BCUT2D eigenvalue weighted by molar-refractivity contribution is -0.384. The van der Waals surface area contributed by atoms with Crippen LogP contribution in [0.25, 0.3) is 0 Å². The molecule has 0 fully saturated rings. The SMILES string of the molecule is O=C(c1ccc([N+](=O)[O-])cc1Cl)N(Cc1ccccc1)Cc1cccn1Cc1ccccc1. The number of non-ortho nitro benzene ring substituents is 1. The Kier molecular flexibility index (Phi) is 6.86. The van der Waals surface area contributed by atoms with Gasteiger partial charge in [-0.05, 0) is 29.3 Å². The second kappa shape index (κ2) is 10.1. The van der Waals surface area contributed by atoms with Gasteiger partial charge in [0.15, 0.2) is 0 Å². The normalized spacial score (nSPS) is 10.7. The number of nitro benzene ring substituents is 1. The van der Waals surface area contributed by atoms with Crippen LogP contribution in [0.15, 0.2) is 97.2 Å². The molecule has 4 rings (SSSR count). The second-order valence-electron chi connectivity index (χ2n) is 7.68. The molecule has 4 aromatic rings. The summed E-state index contributed by atoms with van der Waals surface area (Å²) in [5.74, 6) is -0.286. The number of hydrogen-bond acceptors (Lipinski definition) is 3. The lowest BCUT2D eigenvalue weighted by Gasteiger charge is -2.24.